The van der Waals surface area contributed by atoms with Crippen molar-refractivity contribution in [2.75, 3.05) is 25.0 Å². The second-order valence-electron chi connectivity index (χ2n) is 9.04. The molecule has 0 fully saturated rings. The summed E-state index contributed by atoms with van der Waals surface area (Å²) >= 11 is 0. The number of hydrogen-bond donors (Lipinski definition) is 2. The Morgan fingerprint density at radius 2 is 1.38 bits per heavy atom. The molecular weight excluding hydrogens is 396 g/mol. The summed E-state index contributed by atoms with van der Waals surface area (Å²) in [7, 11) is 0. The lowest BCUT2D eigenvalue weighted by molar-refractivity contribution is -0.119. The lowest BCUT2D eigenvalue weighted by Crippen LogP contribution is -2.30. The van der Waals surface area contributed by atoms with E-state index in [9.17, 15) is 4.79 Å². The van der Waals surface area contributed by atoms with Crippen LogP contribution in [-0.2, 0) is 4.79 Å². The molecule has 0 spiro atoms. The second kappa shape index (κ2) is 19.7. The van der Waals surface area contributed by atoms with Gasteiger partial charge in [-0.1, -0.05) is 109 Å². The molecular formula is C28H48N2O2. The fourth-order valence-electron chi connectivity index (χ4n) is 3.72. The summed E-state index contributed by atoms with van der Waals surface area (Å²) in [6.07, 6.45) is 18.9. The fourth-order valence-corrected chi connectivity index (χ4v) is 3.72. The van der Waals surface area contributed by atoms with Crippen LogP contribution in [0, 0.1) is 0 Å². The molecule has 182 valence electrons. The second-order valence-corrected chi connectivity index (χ2v) is 9.04. The van der Waals surface area contributed by atoms with Gasteiger partial charge in [-0.2, -0.15) is 0 Å². The Morgan fingerprint density at radius 1 is 0.844 bits per heavy atom. The van der Waals surface area contributed by atoms with Crippen LogP contribution >= 0.6 is 0 Å². The van der Waals surface area contributed by atoms with Crippen LogP contribution in [0.3, 0.4) is 0 Å². The number of carbonyl (C=O) groups excluding carboxylic acids is 1. The number of carbonyl (C=O) groups is 1. The summed E-state index contributed by atoms with van der Waals surface area (Å²) < 4.78 is 5.73. The molecule has 0 atom stereocenters. The van der Waals surface area contributed by atoms with E-state index in [1.54, 1.807) is 0 Å². The molecule has 0 heterocycles. The van der Waals surface area contributed by atoms with E-state index in [1.165, 1.54) is 83.5 Å². The number of para-hydroxylation sites is 2. The maximum Gasteiger partial charge on any atom is 0.239 e. The van der Waals surface area contributed by atoms with Gasteiger partial charge in [-0.25, -0.2) is 0 Å². The quantitative estimate of drug-likeness (QED) is 0.151. The number of benzene rings is 1. The zero-order chi connectivity index (χ0) is 23.3. The van der Waals surface area contributed by atoms with E-state index in [-0.39, 0.29) is 12.5 Å². The minimum absolute atomic E-state index is 0.0226. The van der Waals surface area contributed by atoms with Crippen LogP contribution in [-0.4, -0.2) is 25.6 Å². The molecule has 1 amide bonds. The van der Waals surface area contributed by atoms with E-state index in [0.717, 1.165) is 30.0 Å². The third-order valence-electron chi connectivity index (χ3n) is 5.65. The van der Waals surface area contributed by atoms with E-state index in [0.29, 0.717) is 6.61 Å². The third kappa shape index (κ3) is 15.8. The molecule has 0 aliphatic rings. The van der Waals surface area contributed by atoms with Gasteiger partial charge in [0.25, 0.3) is 0 Å². The van der Waals surface area contributed by atoms with Crippen LogP contribution in [0.2, 0.25) is 0 Å². The Labute approximate surface area is 197 Å². The molecule has 1 aromatic carbocycles. The van der Waals surface area contributed by atoms with Gasteiger partial charge in [-0.05, 0) is 31.1 Å². The maximum absolute atomic E-state index is 12.1. The average Bonchev–Trinajstić information content (AvgIpc) is 2.79. The Bertz CT molecular complexity index is 615. The Balaban J connectivity index is 1.95. The highest BCUT2D eigenvalue weighted by atomic mass is 16.5. The summed E-state index contributed by atoms with van der Waals surface area (Å²) in [6, 6.07) is 7.68. The SMILES string of the molecule is C=C(C)COc1ccccc1NCC(=O)NCCCCCCCCCCCCCCCC. The average molecular weight is 445 g/mol. The molecule has 0 aliphatic heterocycles. The molecule has 0 unspecified atom stereocenters. The number of hydrogen-bond acceptors (Lipinski definition) is 3. The highest BCUT2D eigenvalue weighted by molar-refractivity contribution is 5.81. The van der Waals surface area contributed by atoms with Gasteiger partial charge in [-0.15, -0.1) is 0 Å². The highest BCUT2D eigenvalue weighted by Gasteiger charge is 2.05. The van der Waals surface area contributed by atoms with Crippen LogP contribution in [0.1, 0.15) is 104 Å². The zero-order valence-corrected chi connectivity index (χ0v) is 20.9. The molecule has 1 aromatic rings. The van der Waals surface area contributed by atoms with Crippen LogP contribution in [0.15, 0.2) is 36.4 Å². The van der Waals surface area contributed by atoms with E-state index >= 15 is 0 Å². The predicted octanol–water partition coefficient (Wildman–Crippen LogP) is 7.65. The lowest BCUT2D eigenvalue weighted by atomic mass is 10.0. The minimum Gasteiger partial charge on any atom is -0.487 e. The first-order valence-corrected chi connectivity index (χ1v) is 13.0. The predicted molar refractivity (Wildman–Crippen MR) is 139 cm³/mol. The van der Waals surface area contributed by atoms with E-state index in [2.05, 4.69) is 24.1 Å². The molecule has 32 heavy (non-hydrogen) atoms. The number of anilines is 1. The van der Waals surface area contributed by atoms with Gasteiger partial charge in [-0.3, -0.25) is 4.79 Å². The number of nitrogens with one attached hydrogen (secondary N) is 2. The first kappa shape index (κ1) is 28.1. The van der Waals surface area contributed by atoms with Gasteiger partial charge >= 0.3 is 0 Å². The molecule has 0 aliphatic carbocycles. The molecule has 2 N–H and O–H groups in total. The van der Waals surface area contributed by atoms with Gasteiger partial charge in [0.15, 0.2) is 0 Å². The summed E-state index contributed by atoms with van der Waals surface area (Å²) in [5.74, 6) is 0.768. The molecule has 0 aromatic heterocycles. The number of unbranched alkanes of at least 4 members (excludes halogenated alkanes) is 13. The van der Waals surface area contributed by atoms with Crippen molar-refractivity contribution in [2.24, 2.45) is 0 Å². The molecule has 0 saturated heterocycles. The molecule has 0 radical (unpaired) electrons. The summed E-state index contributed by atoms with van der Waals surface area (Å²) in [6.45, 7) is 9.55. The Hall–Kier alpha value is -1.97. The van der Waals surface area contributed by atoms with Gasteiger partial charge < -0.3 is 15.4 Å². The number of ether oxygens (including phenoxy) is 1. The molecule has 0 bridgehead atoms. The van der Waals surface area contributed by atoms with E-state index in [1.807, 2.05) is 31.2 Å². The van der Waals surface area contributed by atoms with Crippen molar-refractivity contribution in [2.45, 2.75) is 104 Å². The fraction of sp³-hybridized carbons (Fsp3) is 0.679. The van der Waals surface area contributed by atoms with Crippen molar-refractivity contribution in [3.8, 4) is 5.75 Å². The van der Waals surface area contributed by atoms with Crippen LogP contribution in [0.5, 0.6) is 5.75 Å². The number of amides is 1. The standard InChI is InChI=1S/C28H48N2O2/c1-4-5-6-7-8-9-10-11-12-13-14-15-16-19-22-29-28(31)23-30-26-20-17-18-21-27(26)32-24-25(2)3/h17-18,20-21,30H,2,4-16,19,22-24H2,1,3H3,(H,29,31). The van der Waals surface area contributed by atoms with E-state index in [4.69, 9.17) is 4.74 Å². The highest BCUT2D eigenvalue weighted by Crippen LogP contribution is 2.23. The minimum atomic E-state index is 0.0226. The van der Waals surface area contributed by atoms with Crippen molar-refractivity contribution in [3.63, 3.8) is 0 Å². The number of rotatable bonds is 21. The monoisotopic (exact) mass is 444 g/mol. The lowest BCUT2D eigenvalue weighted by Gasteiger charge is -2.13. The Morgan fingerprint density at radius 3 is 1.94 bits per heavy atom. The normalized spacial score (nSPS) is 10.7. The maximum atomic E-state index is 12.1. The smallest absolute Gasteiger partial charge is 0.239 e. The third-order valence-corrected chi connectivity index (χ3v) is 5.65. The topological polar surface area (TPSA) is 50.4 Å². The zero-order valence-electron chi connectivity index (χ0n) is 20.9. The molecule has 1 rings (SSSR count). The van der Waals surface area contributed by atoms with Crippen molar-refractivity contribution in [3.05, 3.63) is 36.4 Å². The van der Waals surface area contributed by atoms with Crippen LogP contribution in [0.4, 0.5) is 5.69 Å². The van der Waals surface area contributed by atoms with Crippen LogP contribution < -0.4 is 15.4 Å². The van der Waals surface area contributed by atoms with Gasteiger partial charge in [0.1, 0.15) is 12.4 Å². The first-order chi connectivity index (χ1) is 15.6. The summed E-state index contributed by atoms with van der Waals surface area (Å²) in [4.78, 5) is 12.1. The summed E-state index contributed by atoms with van der Waals surface area (Å²) in [5.41, 5.74) is 1.80. The van der Waals surface area contributed by atoms with Crippen molar-refractivity contribution < 1.29 is 9.53 Å². The first-order valence-electron chi connectivity index (χ1n) is 13.0. The summed E-state index contributed by atoms with van der Waals surface area (Å²) in [5, 5.41) is 6.18. The largest absolute Gasteiger partial charge is 0.487 e. The van der Waals surface area contributed by atoms with Gasteiger partial charge in [0, 0.05) is 6.54 Å². The molecule has 4 nitrogen and oxygen atoms in total. The Kier molecular flexibility index (Phi) is 17.3. The van der Waals surface area contributed by atoms with Crippen molar-refractivity contribution in [1.29, 1.82) is 0 Å². The van der Waals surface area contributed by atoms with Crippen molar-refractivity contribution in [1.82, 2.24) is 5.32 Å². The molecule has 4 heteroatoms. The van der Waals surface area contributed by atoms with Gasteiger partial charge in [0.2, 0.25) is 5.91 Å². The van der Waals surface area contributed by atoms with Crippen LogP contribution in [0.25, 0.3) is 0 Å². The van der Waals surface area contributed by atoms with E-state index < -0.39 is 0 Å². The van der Waals surface area contributed by atoms with Gasteiger partial charge in [0.05, 0.1) is 12.2 Å². The van der Waals surface area contributed by atoms with Crippen molar-refractivity contribution >= 4 is 11.6 Å². The molecule has 0 saturated carbocycles.